The summed E-state index contributed by atoms with van der Waals surface area (Å²) in [7, 11) is 0. The standard InChI is InChI=1S/C12H19N3O3S/c1-5-18-10(17)12(3,4)8-6-19-11(15-8)14-7(2)9(13)16/h6-7H,5H2,1-4H3,(H2,13,16)(H,14,15). The molecule has 19 heavy (non-hydrogen) atoms. The van der Waals surface area contributed by atoms with Crippen molar-refractivity contribution in [3.8, 4) is 0 Å². The summed E-state index contributed by atoms with van der Waals surface area (Å²) in [4.78, 5) is 27.1. The largest absolute Gasteiger partial charge is 0.465 e. The van der Waals surface area contributed by atoms with Crippen LogP contribution in [0.1, 0.15) is 33.4 Å². The van der Waals surface area contributed by atoms with E-state index in [1.165, 1.54) is 11.3 Å². The fraction of sp³-hybridized carbons (Fsp3) is 0.583. The number of aromatic nitrogens is 1. The van der Waals surface area contributed by atoms with Crippen LogP contribution in [0.15, 0.2) is 5.38 Å². The smallest absolute Gasteiger partial charge is 0.317 e. The number of hydrogen-bond acceptors (Lipinski definition) is 6. The molecule has 1 aromatic rings. The molecule has 0 aliphatic rings. The van der Waals surface area contributed by atoms with Gasteiger partial charge in [-0.25, -0.2) is 4.98 Å². The van der Waals surface area contributed by atoms with Gasteiger partial charge in [0.1, 0.15) is 11.5 Å². The number of carbonyl (C=O) groups is 2. The first kappa shape index (κ1) is 15.4. The van der Waals surface area contributed by atoms with Crippen LogP contribution >= 0.6 is 11.3 Å². The van der Waals surface area contributed by atoms with Crippen molar-refractivity contribution in [2.75, 3.05) is 11.9 Å². The molecule has 1 rings (SSSR count). The van der Waals surface area contributed by atoms with E-state index >= 15 is 0 Å². The van der Waals surface area contributed by atoms with Crippen molar-refractivity contribution in [3.63, 3.8) is 0 Å². The van der Waals surface area contributed by atoms with Gasteiger partial charge in [0.05, 0.1) is 12.3 Å². The van der Waals surface area contributed by atoms with Crippen LogP contribution < -0.4 is 11.1 Å². The number of amides is 1. The van der Waals surface area contributed by atoms with E-state index in [2.05, 4.69) is 10.3 Å². The van der Waals surface area contributed by atoms with Gasteiger partial charge >= 0.3 is 5.97 Å². The Labute approximate surface area is 116 Å². The Balaban J connectivity index is 2.84. The van der Waals surface area contributed by atoms with Crippen LogP contribution in [0.2, 0.25) is 0 Å². The zero-order chi connectivity index (χ0) is 14.6. The number of esters is 1. The lowest BCUT2D eigenvalue weighted by atomic mass is 9.90. The van der Waals surface area contributed by atoms with Gasteiger partial charge in [-0.3, -0.25) is 9.59 Å². The van der Waals surface area contributed by atoms with Gasteiger partial charge in [-0.05, 0) is 27.7 Å². The number of primary amides is 1. The predicted molar refractivity (Wildman–Crippen MR) is 74.1 cm³/mol. The number of nitrogens with zero attached hydrogens (tertiary/aromatic N) is 1. The van der Waals surface area contributed by atoms with E-state index in [1.54, 1.807) is 33.1 Å². The third kappa shape index (κ3) is 3.66. The molecule has 6 nitrogen and oxygen atoms in total. The Bertz CT molecular complexity index is 471. The second-order valence-corrected chi connectivity index (χ2v) is 5.51. The summed E-state index contributed by atoms with van der Waals surface area (Å²) >= 11 is 1.32. The number of nitrogens with one attached hydrogen (secondary N) is 1. The van der Waals surface area contributed by atoms with Crippen LogP contribution in [-0.4, -0.2) is 29.5 Å². The average Bonchev–Trinajstić information content (AvgIpc) is 2.78. The molecule has 0 radical (unpaired) electrons. The fourth-order valence-corrected chi connectivity index (χ4v) is 2.27. The van der Waals surface area contributed by atoms with Crippen LogP contribution in [0.25, 0.3) is 0 Å². The zero-order valence-corrected chi connectivity index (χ0v) is 12.3. The van der Waals surface area contributed by atoms with Crippen LogP contribution in [0, 0.1) is 0 Å². The number of anilines is 1. The molecule has 0 bridgehead atoms. The van der Waals surface area contributed by atoms with Crippen molar-refractivity contribution < 1.29 is 14.3 Å². The van der Waals surface area contributed by atoms with Gasteiger partial charge in [-0.15, -0.1) is 11.3 Å². The highest BCUT2D eigenvalue weighted by atomic mass is 32.1. The van der Waals surface area contributed by atoms with Crippen molar-refractivity contribution in [1.82, 2.24) is 4.98 Å². The quantitative estimate of drug-likeness (QED) is 0.768. The topological polar surface area (TPSA) is 94.3 Å². The molecule has 1 amide bonds. The van der Waals surface area contributed by atoms with E-state index in [9.17, 15) is 9.59 Å². The van der Waals surface area contributed by atoms with Gasteiger partial charge in [-0.2, -0.15) is 0 Å². The molecule has 0 fully saturated rings. The molecular weight excluding hydrogens is 266 g/mol. The van der Waals surface area contributed by atoms with Gasteiger partial charge in [-0.1, -0.05) is 0 Å². The molecule has 1 heterocycles. The Morgan fingerprint density at radius 2 is 2.21 bits per heavy atom. The Morgan fingerprint density at radius 3 is 2.74 bits per heavy atom. The predicted octanol–water partition coefficient (Wildman–Crippen LogP) is 1.27. The average molecular weight is 285 g/mol. The zero-order valence-electron chi connectivity index (χ0n) is 11.5. The second kappa shape index (κ2) is 6.01. The number of hydrogen-bond donors (Lipinski definition) is 2. The molecule has 1 aromatic heterocycles. The van der Waals surface area contributed by atoms with Crippen LogP contribution in [0.3, 0.4) is 0 Å². The third-order valence-corrected chi connectivity index (χ3v) is 3.47. The maximum absolute atomic E-state index is 11.9. The maximum Gasteiger partial charge on any atom is 0.317 e. The van der Waals surface area contributed by atoms with Gasteiger partial charge in [0.15, 0.2) is 5.13 Å². The molecule has 1 unspecified atom stereocenters. The second-order valence-electron chi connectivity index (χ2n) is 4.65. The minimum atomic E-state index is -0.817. The first-order valence-corrected chi connectivity index (χ1v) is 6.86. The number of ether oxygens (including phenoxy) is 1. The minimum absolute atomic E-state index is 0.324. The lowest BCUT2D eigenvalue weighted by molar-refractivity contribution is -0.148. The minimum Gasteiger partial charge on any atom is -0.465 e. The van der Waals surface area contributed by atoms with E-state index < -0.39 is 17.4 Å². The van der Waals surface area contributed by atoms with E-state index in [-0.39, 0.29) is 5.97 Å². The number of rotatable bonds is 6. The van der Waals surface area contributed by atoms with Crippen LogP contribution in [-0.2, 0) is 19.7 Å². The lowest BCUT2D eigenvalue weighted by Gasteiger charge is -2.19. The highest BCUT2D eigenvalue weighted by Gasteiger charge is 2.34. The molecule has 3 N–H and O–H groups in total. The molecular formula is C12H19N3O3S. The number of carbonyl (C=O) groups excluding carboxylic acids is 2. The van der Waals surface area contributed by atoms with Gasteiger partial charge in [0.2, 0.25) is 5.91 Å². The molecule has 106 valence electrons. The summed E-state index contributed by atoms with van der Waals surface area (Å²) < 4.78 is 5.02. The Hall–Kier alpha value is -1.63. The van der Waals surface area contributed by atoms with Crippen LogP contribution in [0.4, 0.5) is 5.13 Å². The van der Waals surface area contributed by atoms with Gasteiger partial charge < -0.3 is 15.8 Å². The van der Waals surface area contributed by atoms with E-state index in [4.69, 9.17) is 10.5 Å². The maximum atomic E-state index is 11.9. The Morgan fingerprint density at radius 1 is 1.58 bits per heavy atom. The van der Waals surface area contributed by atoms with Crippen molar-refractivity contribution in [2.45, 2.75) is 39.2 Å². The fourth-order valence-electron chi connectivity index (χ4n) is 1.30. The molecule has 0 aromatic carbocycles. The summed E-state index contributed by atoms with van der Waals surface area (Å²) in [6, 6.07) is -0.510. The highest BCUT2D eigenvalue weighted by Crippen LogP contribution is 2.28. The highest BCUT2D eigenvalue weighted by molar-refractivity contribution is 7.13. The summed E-state index contributed by atoms with van der Waals surface area (Å²) in [5.41, 5.74) is 4.96. The molecule has 0 aliphatic carbocycles. The Kier molecular flexibility index (Phi) is 4.88. The summed E-state index contributed by atoms with van der Waals surface area (Å²) in [5.74, 6) is -0.781. The molecule has 0 saturated heterocycles. The molecule has 1 atom stereocenters. The normalized spacial score (nSPS) is 12.8. The number of nitrogens with two attached hydrogens (primary N) is 1. The summed E-state index contributed by atoms with van der Waals surface area (Å²) in [5, 5.41) is 5.21. The van der Waals surface area contributed by atoms with Crippen LogP contribution in [0.5, 0.6) is 0 Å². The molecule has 0 saturated carbocycles. The van der Waals surface area contributed by atoms with E-state index in [0.717, 1.165) is 0 Å². The van der Waals surface area contributed by atoms with Crippen molar-refractivity contribution in [2.24, 2.45) is 5.73 Å². The monoisotopic (exact) mass is 285 g/mol. The first-order chi connectivity index (χ1) is 8.78. The SMILES string of the molecule is CCOC(=O)C(C)(C)c1csc(NC(C)C(N)=O)n1. The number of thiazole rings is 1. The van der Waals surface area contributed by atoms with Gasteiger partial charge in [0, 0.05) is 5.38 Å². The van der Waals surface area contributed by atoms with Crippen molar-refractivity contribution in [1.29, 1.82) is 0 Å². The lowest BCUT2D eigenvalue weighted by Crippen LogP contribution is -2.33. The van der Waals surface area contributed by atoms with E-state index in [1.807, 2.05) is 0 Å². The molecule has 7 heteroatoms. The molecule has 0 spiro atoms. The van der Waals surface area contributed by atoms with Gasteiger partial charge in [0.25, 0.3) is 0 Å². The van der Waals surface area contributed by atoms with E-state index in [0.29, 0.717) is 17.4 Å². The van der Waals surface area contributed by atoms with Crippen molar-refractivity contribution >= 4 is 28.3 Å². The third-order valence-electron chi connectivity index (χ3n) is 2.70. The summed E-state index contributed by atoms with van der Waals surface area (Å²) in [6.07, 6.45) is 0. The summed E-state index contributed by atoms with van der Waals surface area (Å²) in [6.45, 7) is 7.25. The first-order valence-electron chi connectivity index (χ1n) is 5.98. The van der Waals surface area contributed by atoms with Crippen molar-refractivity contribution in [3.05, 3.63) is 11.1 Å². The molecule has 0 aliphatic heterocycles.